The van der Waals surface area contributed by atoms with Gasteiger partial charge in [0.05, 0.1) is 25.4 Å². The van der Waals surface area contributed by atoms with Crippen LogP contribution in [0.1, 0.15) is 78.6 Å². The van der Waals surface area contributed by atoms with E-state index in [1.54, 1.807) is 0 Å². The highest BCUT2D eigenvalue weighted by atomic mass is 16.6. The van der Waals surface area contributed by atoms with E-state index in [1.807, 2.05) is 51.1 Å². The van der Waals surface area contributed by atoms with Gasteiger partial charge in [-0.25, -0.2) is 0 Å². The second-order valence-corrected chi connectivity index (χ2v) is 9.77. The summed E-state index contributed by atoms with van der Waals surface area (Å²) in [6.07, 6.45) is 6.10. The van der Waals surface area contributed by atoms with Crippen LogP contribution in [0.15, 0.2) is 30.3 Å². The molecule has 6 heteroatoms. The van der Waals surface area contributed by atoms with Gasteiger partial charge in [-0.05, 0) is 76.8 Å². The van der Waals surface area contributed by atoms with Crippen molar-refractivity contribution in [3.05, 3.63) is 30.3 Å². The highest BCUT2D eigenvalue weighted by Crippen LogP contribution is 2.40. The molecular weight excluding hydrogens is 420 g/mol. The molecule has 1 fully saturated rings. The lowest BCUT2D eigenvalue weighted by Crippen LogP contribution is -2.44. The average Bonchev–Trinajstić information content (AvgIpc) is 3.05. The number of esters is 1. The number of unbranched alkanes of at least 4 members (excludes halogenated alkanes) is 3. The smallest absolute Gasteiger partial charge is 0.305 e. The van der Waals surface area contributed by atoms with Gasteiger partial charge < -0.3 is 24.4 Å². The third-order valence-electron chi connectivity index (χ3n) is 6.95. The zero-order chi connectivity index (χ0) is 24.3. The second kappa shape index (κ2) is 13.9. The molecule has 2 N–H and O–H groups in total. The Labute approximate surface area is 199 Å². The van der Waals surface area contributed by atoms with Crippen molar-refractivity contribution in [2.24, 2.45) is 11.8 Å². The molecule has 5 unspecified atom stereocenters. The Bertz CT molecular complexity index is 676. The molecule has 1 aromatic carbocycles. The molecule has 33 heavy (non-hydrogen) atoms. The Morgan fingerprint density at radius 3 is 2.30 bits per heavy atom. The molecule has 0 bridgehead atoms. The minimum absolute atomic E-state index is 0.0607. The molecule has 0 spiro atoms. The predicted octanol–water partition coefficient (Wildman–Crippen LogP) is 4.90. The van der Waals surface area contributed by atoms with Gasteiger partial charge in [-0.3, -0.25) is 4.79 Å². The topological polar surface area (TPSA) is 85.2 Å². The SMILES string of the molecule is CCOC(CCC1C(O)CC(O)C1CCCCCCC(=O)OC)C(C)(C)Oc1ccccc1. The van der Waals surface area contributed by atoms with Crippen molar-refractivity contribution in [3.63, 3.8) is 0 Å². The Morgan fingerprint density at radius 2 is 1.67 bits per heavy atom. The first kappa shape index (κ1) is 27.6. The summed E-state index contributed by atoms with van der Waals surface area (Å²) >= 11 is 0. The maximum absolute atomic E-state index is 11.2. The van der Waals surface area contributed by atoms with Gasteiger partial charge in [0.15, 0.2) is 0 Å². The van der Waals surface area contributed by atoms with Gasteiger partial charge in [-0.2, -0.15) is 0 Å². The Hall–Kier alpha value is -1.63. The molecule has 1 aliphatic rings. The van der Waals surface area contributed by atoms with Gasteiger partial charge in [0.2, 0.25) is 0 Å². The highest BCUT2D eigenvalue weighted by molar-refractivity contribution is 5.68. The number of benzene rings is 1. The van der Waals surface area contributed by atoms with Crippen LogP contribution in [0, 0.1) is 11.8 Å². The van der Waals surface area contributed by atoms with Crippen molar-refractivity contribution in [2.45, 2.75) is 102 Å². The van der Waals surface area contributed by atoms with Crippen molar-refractivity contribution < 1.29 is 29.2 Å². The van der Waals surface area contributed by atoms with Gasteiger partial charge in [-0.1, -0.05) is 37.5 Å². The number of hydrogen-bond donors (Lipinski definition) is 2. The molecule has 1 aliphatic carbocycles. The molecule has 6 nitrogen and oxygen atoms in total. The molecule has 5 atom stereocenters. The number of aliphatic hydroxyl groups is 2. The quantitative estimate of drug-likeness (QED) is 0.284. The van der Waals surface area contributed by atoms with Crippen molar-refractivity contribution in [1.82, 2.24) is 0 Å². The summed E-state index contributed by atoms with van der Waals surface area (Å²) in [5.74, 6) is 0.813. The van der Waals surface area contributed by atoms with Crippen LogP contribution in [0.5, 0.6) is 5.75 Å². The average molecular weight is 465 g/mol. The van der Waals surface area contributed by atoms with E-state index >= 15 is 0 Å². The van der Waals surface area contributed by atoms with Crippen LogP contribution < -0.4 is 4.74 Å². The van der Waals surface area contributed by atoms with E-state index in [4.69, 9.17) is 9.47 Å². The first-order chi connectivity index (χ1) is 15.8. The Balaban J connectivity index is 1.88. The first-order valence-electron chi connectivity index (χ1n) is 12.6. The number of carbonyl (C=O) groups is 1. The zero-order valence-corrected chi connectivity index (χ0v) is 20.9. The van der Waals surface area contributed by atoms with Gasteiger partial charge >= 0.3 is 5.97 Å². The molecule has 0 aromatic heterocycles. The summed E-state index contributed by atoms with van der Waals surface area (Å²) in [7, 11) is 1.42. The highest BCUT2D eigenvalue weighted by Gasteiger charge is 2.42. The molecule has 0 amide bonds. The van der Waals surface area contributed by atoms with E-state index < -0.39 is 17.8 Å². The number of carbonyl (C=O) groups excluding carboxylic acids is 1. The summed E-state index contributed by atoms with van der Waals surface area (Å²) in [6.45, 7) is 6.68. The Kier molecular flexibility index (Phi) is 11.7. The minimum Gasteiger partial charge on any atom is -0.485 e. The second-order valence-electron chi connectivity index (χ2n) is 9.77. The summed E-state index contributed by atoms with van der Waals surface area (Å²) < 4.78 is 17.0. The van der Waals surface area contributed by atoms with Crippen LogP contribution in [0.4, 0.5) is 0 Å². The van der Waals surface area contributed by atoms with E-state index in [2.05, 4.69) is 4.74 Å². The third-order valence-corrected chi connectivity index (χ3v) is 6.95. The fraction of sp³-hybridized carbons (Fsp3) is 0.741. The zero-order valence-electron chi connectivity index (χ0n) is 20.9. The lowest BCUT2D eigenvalue weighted by atomic mass is 9.83. The maximum Gasteiger partial charge on any atom is 0.305 e. The summed E-state index contributed by atoms with van der Waals surface area (Å²) in [5.41, 5.74) is -0.519. The van der Waals surface area contributed by atoms with Gasteiger partial charge in [0, 0.05) is 13.0 Å². The number of para-hydroxylation sites is 1. The summed E-state index contributed by atoms with van der Waals surface area (Å²) in [5, 5.41) is 21.2. The molecule has 1 saturated carbocycles. The van der Waals surface area contributed by atoms with Crippen molar-refractivity contribution >= 4 is 5.97 Å². The van der Waals surface area contributed by atoms with E-state index in [0.717, 1.165) is 50.7 Å². The van der Waals surface area contributed by atoms with Crippen LogP contribution in [-0.2, 0) is 14.3 Å². The van der Waals surface area contributed by atoms with E-state index in [0.29, 0.717) is 19.4 Å². The van der Waals surface area contributed by atoms with Crippen LogP contribution in [0.25, 0.3) is 0 Å². The van der Waals surface area contributed by atoms with Crippen LogP contribution in [-0.4, -0.2) is 53.8 Å². The maximum atomic E-state index is 11.2. The van der Waals surface area contributed by atoms with Gasteiger partial charge in [-0.15, -0.1) is 0 Å². The normalized spacial score (nSPS) is 23.9. The van der Waals surface area contributed by atoms with Crippen molar-refractivity contribution in [2.75, 3.05) is 13.7 Å². The van der Waals surface area contributed by atoms with E-state index in [-0.39, 0.29) is 23.9 Å². The van der Waals surface area contributed by atoms with E-state index in [9.17, 15) is 15.0 Å². The number of ether oxygens (including phenoxy) is 3. The third kappa shape index (κ3) is 8.91. The van der Waals surface area contributed by atoms with Gasteiger partial charge in [0.25, 0.3) is 0 Å². The number of methoxy groups -OCH3 is 1. The fourth-order valence-corrected chi connectivity index (χ4v) is 5.12. The molecule has 0 heterocycles. The van der Waals surface area contributed by atoms with Crippen LogP contribution >= 0.6 is 0 Å². The predicted molar refractivity (Wildman–Crippen MR) is 129 cm³/mol. The summed E-state index contributed by atoms with van der Waals surface area (Å²) in [4.78, 5) is 11.2. The Morgan fingerprint density at radius 1 is 1.03 bits per heavy atom. The fourth-order valence-electron chi connectivity index (χ4n) is 5.12. The minimum atomic E-state index is -0.519. The molecule has 0 radical (unpaired) electrons. The standard InChI is InChI=1S/C27H44O6/c1-5-32-25(27(2,3)33-20-13-9-8-10-14-20)18-17-22-21(23(28)19-24(22)29)15-11-6-7-12-16-26(30)31-4/h8-10,13-14,21-25,28-29H,5-7,11-12,15-19H2,1-4H3. The summed E-state index contributed by atoms with van der Waals surface area (Å²) in [6, 6.07) is 9.77. The number of hydrogen-bond acceptors (Lipinski definition) is 6. The monoisotopic (exact) mass is 464 g/mol. The van der Waals surface area contributed by atoms with Crippen LogP contribution in [0.3, 0.4) is 0 Å². The molecule has 2 rings (SSSR count). The van der Waals surface area contributed by atoms with Crippen molar-refractivity contribution in [3.8, 4) is 5.75 Å². The van der Waals surface area contributed by atoms with Crippen LogP contribution in [0.2, 0.25) is 0 Å². The lowest BCUT2D eigenvalue weighted by Gasteiger charge is -2.36. The molecule has 188 valence electrons. The number of rotatable bonds is 15. The van der Waals surface area contributed by atoms with Gasteiger partial charge in [0.1, 0.15) is 11.4 Å². The molecule has 0 saturated heterocycles. The van der Waals surface area contributed by atoms with Crippen molar-refractivity contribution in [1.29, 1.82) is 0 Å². The largest absolute Gasteiger partial charge is 0.485 e. The van der Waals surface area contributed by atoms with E-state index in [1.165, 1.54) is 7.11 Å². The molecular formula is C27H44O6. The first-order valence-corrected chi connectivity index (χ1v) is 12.6. The number of aliphatic hydroxyl groups excluding tert-OH is 2. The molecule has 0 aliphatic heterocycles. The molecule has 1 aromatic rings. The lowest BCUT2D eigenvalue weighted by molar-refractivity contribution is -0.140.